The third-order valence-corrected chi connectivity index (χ3v) is 9.97. The molecule has 0 amide bonds. The van der Waals surface area contributed by atoms with Crippen molar-refractivity contribution in [2.45, 2.75) is 44.4 Å². The van der Waals surface area contributed by atoms with E-state index >= 15 is 0 Å². The summed E-state index contributed by atoms with van der Waals surface area (Å²) in [4.78, 5) is 0. The first kappa shape index (κ1) is 18.3. The van der Waals surface area contributed by atoms with Crippen molar-refractivity contribution in [1.29, 1.82) is 0 Å². The molecule has 1 fully saturated rings. The summed E-state index contributed by atoms with van der Waals surface area (Å²) in [5.74, 6) is 0. The van der Waals surface area contributed by atoms with E-state index in [1.807, 2.05) is 12.1 Å². The van der Waals surface area contributed by atoms with Crippen molar-refractivity contribution in [1.82, 2.24) is 0 Å². The van der Waals surface area contributed by atoms with Crippen molar-refractivity contribution in [2.24, 2.45) is 0 Å². The quantitative estimate of drug-likeness (QED) is 0.837. The maximum Gasteiger partial charge on any atom is 0.261 e. The summed E-state index contributed by atoms with van der Waals surface area (Å²) in [6.45, 7) is 7.73. The second-order valence-electron chi connectivity index (χ2n) is 7.82. The number of aliphatic hydroxyl groups excluding tert-OH is 1. The van der Waals surface area contributed by atoms with Gasteiger partial charge in [-0.05, 0) is 15.4 Å². The molecule has 134 valence electrons. The first-order valence-corrected chi connectivity index (χ1v) is 10.9. The molecule has 1 aliphatic rings. The molecule has 2 aromatic rings. The Labute approximate surface area is 151 Å². The highest BCUT2D eigenvalue weighted by Crippen LogP contribution is 2.37. The molecule has 1 N–H and O–H groups in total. The molecule has 1 saturated heterocycles. The van der Waals surface area contributed by atoms with Gasteiger partial charge in [-0.3, -0.25) is 0 Å². The van der Waals surface area contributed by atoms with Gasteiger partial charge >= 0.3 is 0 Å². The third-order valence-electron chi connectivity index (χ3n) is 4.96. The number of hydrogen-bond donors (Lipinski definition) is 1. The lowest BCUT2D eigenvalue weighted by Crippen LogP contribution is -2.67. The van der Waals surface area contributed by atoms with Crippen LogP contribution in [0.3, 0.4) is 0 Å². The smallest absolute Gasteiger partial charge is 0.261 e. The van der Waals surface area contributed by atoms with Gasteiger partial charge in [0.1, 0.15) is 0 Å². The van der Waals surface area contributed by atoms with E-state index in [-0.39, 0.29) is 17.2 Å². The van der Waals surface area contributed by atoms with Crippen LogP contribution in [0.15, 0.2) is 60.7 Å². The Morgan fingerprint density at radius 2 is 1.52 bits per heavy atom. The molecule has 0 bridgehead atoms. The number of benzene rings is 2. The van der Waals surface area contributed by atoms with Gasteiger partial charge in [0.25, 0.3) is 8.32 Å². The van der Waals surface area contributed by atoms with Crippen molar-refractivity contribution in [3.63, 3.8) is 0 Å². The molecule has 2 aromatic carbocycles. The summed E-state index contributed by atoms with van der Waals surface area (Å²) in [6, 6.07) is 21.2. The zero-order valence-electron chi connectivity index (χ0n) is 15.3. The molecule has 1 heterocycles. The fourth-order valence-corrected chi connectivity index (χ4v) is 8.37. The van der Waals surface area contributed by atoms with E-state index in [1.165, 1.54) is 10.4 Å². The van der Waals surface area contributed by atoms with Crippen LogP contribution in [-0.4, -0.2) is 38.8 Å². The normalized spacial score (nSPS) is 21.4. The molecule has 4 heteroatoms. The van der Waals surface area contributed by atoms with Crippen molar-refractivity contribution in [3.8, 4) is 0 Å². The highest BCUT2D eigenvalue weighted by Gasteiger charge is 2.50. The van der Waals surface area contributed by atoms with Gasteiger partial charge < -0.3 is 14.3 Å². The Balaban J connectivity index is 2.02. The lowest BCUT2D eigenvalue weighted by molar-refractivity contribution is 0.0560. The van der Waals surface area contributed by atoms with Gasteiger partial charge in [0.2, 0.25) is 0 Å². The Kier molecular flexibility index (Phi) is 5.44. The zero-order chi connectivity index (χ0) is 17.9. The number of hydrogen-bond acceptors (Lipinski definition) is 3. The first-order valence-electron chi connectivity index (χ1n) is 8.98. The first-order chi connectivity index (χ1) is 11.9. The van der Waals surface area contributed by atoms with Gasteiger partial charge in [0.15, 0.2) is 0 Å². The van der Waals surface area contributed by atoms with Gasteiger partial charge in [-0.15, -0.1) is 0 Å². The molecule has 0 aromatic heterocycles. The van der Waals surface area contributed by atoms with Crippen LogP contribution in [0.1, 0.15) is 27.2 Å². The molecule has 3 rings (SSSR count). The van der Waals surface area contributed by atoms with E-state index < -0.39 is 8.32 Å². The minimum atomic E-state index is -2.50. The van der Waals surface area contributed by atoms with Crippen LogP contribution in [-0.2, 0) is 9.16 Å². The van der Waals surface area contributed by atoms with E-state index in [9.17, 15) is 5.11 Å². The van der Waals surface area contributed by atoms with Crippen LogP contribution in [0.4, 0.5) is 0 Å². The maximum atomic E-state index is 9.75. The van der Waals surface area contributed by atoms with Gasteiger partial charge in [0, 0.05) is 6.42 Å². The van der Waals surface area contributed by atoms with Crippen LogP contribution >= 0.6 is 0 Å². The third kappa shape index (κ3) is 3.72. The average Bonchev–Trinajstić information content (AvgIpc) is 3.02. The van der Waals surface area contributed by atoms with Gasteiger partial charge in [-0.2, -0.15) is 0 Å². The fraction of sp³-hybridized carbons (Fsp3) is 0.429. The average molecular weight is 357 g/mol. The Hall–Kier alpha value is -1.46. The topological polar surface area (TPSA) is 38.7 Å². The minimum Gasteiger partial charge on any atom is -0.405 e. The fourth-order valence-electron chi connectivity index (χ4n) is 3.78. The SMILES string of the molecule is CC(C)(C)[Si](OC[C@@H]1C[C@H](O)CO1)(c1ccccc1)c1ccccc1. The molecule has 0 spiro atoms. The largest absolute Gasteiger partial charge is 0.405 e. The molecule has 0 aliphatic carbocycles. The number of aliphatic hydroxyl groups is 1. The monoisotopic (exact) mass is 356 g/mol. The van der Waals surface area contributed by atoms with Crippen molar-refractivity contribution in [3.05, 3.63) is 60.7 Å². The molecule has 3 nitrogen and oxygen atoms in total. The van der Waals surface area contributed by atoms with E-state index in [0.29, 0.717) is 19.6 Å². The highest BCUT2D eigenvalue weighted by molar-refractivity contribution is 6.99. The van der Waals surface area contributed by atoms with Crippen molar-refractivity contribution >= 4 is 18.7 Å². The molecule has 25 heavy (non-hydrogen) atoms. The van der Waals surface area contributed by atoms with Crippen LogP contribution in [0.5, 0.6) is 0 Å². The standard InChI is InChI=1S/C21H28O3Si/c1-21(2,3)25(19-10-6-4-7-11-19,20-12-8-5-9-13-20)24-16-18-14-17(22)15-23-18/h4-13,17-18,22H,14-16H2,1-3H3/t17-,18-/m0/s1. The molecule has 0 unspecified atom stereocenters. The van der Waals surface area contributed by atoms with Gasteiger partial charge in [-0.1, -0.05) is 81.4 Å². The van der Waals surface area contributed by atoms with Crippen LogP contribution in [0.2, 0.25) is 5.04 Å². The van der Waals surface area contributed by atoms with E-state index in [2.05, 4.69) is 69.3 Å². The molecular formula is C21H28O3Si. The second-order valence-corrected chi connectivity index (χ2v) is 12.1. The molecule has 2 atom stereocenters. The van der Waals surface area contributed by atoms with Gasteiger partial charge in [0.05, 0.1) is 25.4 Å². The van der Waals surface area contributed by atoms with Gasteiger partial charge in [-0.25, -0.2) is 0 Å². The molecule has 1 aliphatic heterocycles. The Morgan fingerprint density at radius 3 is 1.92 bits per heavy atom. The second kappa shape index (κ2) is 7.42. The summed E-state index contributed by atoms with van der Waals surface area (Å²) in [5.41, 5.74) is 0. The van der Waals surface area contributed by atoms with E-state index in [1.54, 1.807) is 0 Å². The highest BCUT2D eigenvalue weighted by atomic mass is 28.4. The van der Waals surface area contributed by atoms with Crippen LogP contribution in [0, 0.1) is 0 Å². The van der Waals surface area contributed by atoms with Crippen LogP contribution in [0.25, 0.3) is 0 Å². The summed E-state index contributed by atoms with van der Waals surface area (Å²) < 4.78 is 12.5. The van der Waals surface area contributed by atoms with E-state index in [4.69, 9.17) is 9.16 Å². The van der Waals surface area contributed by atoms with E-state index in [0.717, 1.165) is 0 Å². The minimum absolute atomic E-state index is 0.0309. The molecular weight excluding hydrogens is 328 g/mol. The van der Waals surface area contributed by atoms with Crippen molar-refractivity contribution < 1.29 is 14.3 Å². The predicted molar refractivity (Wildman–Crippen MR) is 104 cm³/mol. The summed E-state index contributed by atoms with van der Waals surface area (Å²) in [5, 5.41) is 12.3. The Bertz CT molecular complexity index is 627. The number of ether oxygens (including phenoxy) is 1. The lowest BCUT2D eigenvalue weighted by atomic mass is 10.2. The zero-order valence-corrected chi connectivity index (χ0v) is 16.3. The summed E-state index contributed by atoms with van der Waals surface area (Å²) in [6.07, 6.45) is 0.252. The molecule has 0 radical (unpaired) electrons. The maximum absolute atomic E-state index is 9.75. The lowest BCUT2D eigenvalue weighted by Gasteiger charge is -2.43. The van der Waals surface area contributed by atoms with Crippen molar-refractivity contribution in [2.75, 3.05) is 13.2 Å². The number of rotatable bonds is 5. The van der Waals surface area contributed by atoms with Crippen LogP contribution < -0.4 is 10.4 Å². The summed E-state index contributed by atoms with van der Waals surface area (Å²) >= 11 is 0. The molecule has 0 saturated carbocycles. The Morgan fingerprint density at radius 1 is 1.00 bits per heavy atom. The predicted octanol–water partition coefficient (Wildman–Crippen LogP) is 2.71. The summed E-state index contributed by atoms with van der Waals surface area (Å²) in [7, 11) is -2.50.